The zero-order chi connectivity index (χ0) is 12.1. The highest BCUT2D eigenvalue weighted by molar-refractivity contribution is 9.09. The first-order valence-corrected chi connectivity index (χ1v) is 11.9. The third kappa shape index (κ3) is 12.1. The SMILES string of the molecule is CC(Br)CCC(C)S[PH](=S)SC(C)(C)C. The Morgan fingerprint density at radius 3 is 2.20 bits per heavy atom. The standard InChI is InChI=1S/C10H22BrPS3/c1-8(11)6-7-9(2)14-12(13)15-10(3,4)5/h8-9,12H,6-7H2,1-5H3. The lowest BCUT2D eigenvalue weighted by Gasteiger charge is -2.20. The van der Waals surface area contributed by atoms with Crippen molar-refractivity contribution >= 4 is 55.6 Å². The fraction of sp³-hybridized carbons (Fsp3) is 1.00. The van der Waals surface area contributed by atoms with Crippen LogP contribution in [0.5, 0.6) is 0 Å². The van der Waals surface area contributed by atoms with E-state index in [1.54, 1.807) is 0 Å². The van der Waals surface area contributed by atoms with Crippen molar-refractivity contribution in [1.29, 1.82) is 0 Å². The molecule has 0 heterocycles. The Morgan fingerprint density at radius 2 is 1.80 bits per heavy atom. The van der Waals surface area contributed by atoms with Crippen molar-refractivity contribution < 1.29 is 0 Å². The van der Waals surface area contributed by atoms with Gasteiger partial charge in [-0.05, 0) is 12.8 Å². The molecule has 0 rings (SSSR count). The monoisotopic (exact) mass is 348 g/mol. The molecule has 15 heavy (non-hydrogen) atoms. The molecule has 3 atom stereocenters. The maximum atomic E-state index is 5.56. The molecule has 0 aliphatic carbocycles. The van der Waals surface area contributed by atoms with Crippen LogP contribution in [0.15, 0.2) is 0 Å². The fourth-order valence-electron chi connectivity index (χ4n) is 0.962. The molecule has 0 spiro atoms. The van der Waals surface area contributed by atoms with E-state index >= 15 is 0 Å². The molecular weight excluding hydrogens is 327 g/mol. The lowest BCUT2D eigenvalue weighted by Crippen LogP contribution is -2.04. The van der Waals surface area contributed by atoms with Crippen LogP contribution in [0.3, 0.4) is 0 Å². The highest BCUT2D eigenvalue weighted by Gasteiger charge is 2.15. The summed E-state index contributed by atoms with van der Waals surface area (Å²) in [5.41, 5.74) is 0. The van der Waals surface area contributed by atoms with Crippen molar-refractivity contribution in [2.24, 2.45) is 0 Å². The van der Waals surface area contributed by atoms with E-state index in [0.29, 0.717) is 14.8 Å². The minimum Gasteiger partial charge on any atom is -0.114 e. The van der Waals surface area contributed by atoms with Gasteiger partial charge in [-0.2, -0.15) is 0 Å². The lowest BCUT2D eigenvalue weighted by molar-refractivity contribution is 0.733. The van der Waals surface area contributed by atoms with Crippen LogP contribution in [0.4, 0.5) is 0 Å². The van der Waals surface area contributed by atoms with Crippen LogP contribution in [0.2, 0.25) is 0 Å². The molecule has 0 aromatic heterocycles. The summed E-state index contributed by atoms with van der Waals surface area (Å²) in [4.78, 5) is 0.636. The van der Waals surface area contributed by atoms with Gasteiger partial charge in [-0.15, -0.1) is 22.8 Å². The first-order valence-electron chi connectivity index (χ1n) is 5.24. The Balaban J connectivity index is 3.77. The van der Waals surface area contributed by atoms with Crippen molar-refractivity contribution in [2.75, 3.05) is 0 Å². The molecule has 0 N–H and O–H groups in total. The van der Waals surface area contributed by atoms with Crippen molar-refractivity contribution in [3.8, 4) is 0 Å². The average molecular weight is 349 g/mol. The number of halogens is 1. The molecule has 5 heteroatoms. The van der Waals surface area contributed by atoms with Gasteiger partial charge in [0.25, 0.3) is 0 Å². The minimum absolute atomic E-state index is 0.325. The fourth-order valence-corrected chi connectivity index (χ4v) is 13.2. The first-order chi connectivity index (χ1) is 6.70. The summed E-state index contributed by atoms with van der Waals surface area (Å²) >= 11 is 13.2. The summed E-state index contributed by atoms with van der Waals surface area (Å²) in [7, 11) is 0. The molecule has 0 saturated carbocycles. The van der Waals surface area contributed by atoms with Crippen molar-refractivity contribution in [2.45, 2.75) is 62.3 Å². The van der Waals surface area contributed by atoms with E-state index in [2.05, 4.69) is 50.5 Å². The Bertz CT molecular complexity index is 201. The van der Waals surface area contributed by atoms with Gasteiger partial charge >= 0.3 is 0 Å². The van der Waals surface area contributed by atoms with E-state index in [1.807, 2.05) is 22.8 Å². The summed E-state index contributed by atoms with van der Waals surface area (Å²) in [5.74, 6) is 0. The van der Waals surface area contributed by atoms with Gasteiger partial charge in [-0.1, -0.05) is 62.4 Å². The smallest absolute Gasteiger partial charge is 0.0459 e. The second kappa shape index (κ2) is 8.02. The van der Waals surface area contributed by atoms with Crippen LogP contribution in [0.1, 0.15) is 47.5 Å². The maximum absolute atomic E-state index is 5.56. The van der Waals surface area contributed by atoms with Crippen LogP contribution < -0.4 is 0 Å². The second-order valence-corrected chi connectivity index (χ2v) is 16.6. The third-order valence-corrected chi connectivity index (χ3v) is 11.1. The van der Waals surface area contributed by atoms with E-state index in [9.17, 15) is 0 Å². The van der Waals surface area contributed by atoms with E-state index < -0.39 is 5.10 Å². The minimum atomic E-state index is -0.692. The Kier molecular flexibility index (Phi) is 9.00. The van der Waals surface area contributed by atoms with Gasteiger partial charge in [0.1, 0.15) is 0 Å². The lowest BCUT2D eigenvalue weighted by atomic mass is 10.2. The highest BCUT2D eigenvalue weighted by atomic mass is 79.9. The van der Waals surface area contributed by atoms with Crippen LogP contribution >= 0.6 is 43.8 Å². The Hall–Kier alpha value is 1.83. The van der Waals surface area contributed by atoms with Gasteiger partial charge in [-0.3, -0.25) is 0 Å². The van der Waals surface area contributed by atoms with Crippen molar-refractivity contribution in [1.82, 2.24) is 0 Å². The predicted molar refractivity (Wildman–Crippen MR) is 87.7 cm³/mol. The average Bonchev–Trinajstić information content (AvgIpc) is 1.96. The molecule has 0 bridgehead atoms. The molecule has 0 saturated heterocycles. The summed E-state index contributed by atoms with van der Waals surface area (Å²) in [6.07, 6.45) is 2.52. The molecule has 3 unspecified atom stereocenters. The molecular formula is C10H22BrPS3. The van der Waals surface area contributed by atoms with Gasteiger partial charge in [-0.25, -0.2) is 0 Å². The zero-order valence-electron chi connectivity index (χ0n) is 10.2. The van der Waals surface area contributed by atoms with Crippen LogP contribution in [-0.4, -0.2) is 14.8 Å². The van der Waals surface area contributed by atoms with E-state index in [4.69, 9.17) is 11.8 Å². The maximum Gasteiger partial charge on any atom is 0.0459 e. The number of hydrogen-bond acceptors (Lipinski definition) is 3. The van der Waals surface area contributed by atoms with Gasteiger partial charge in [0, 0.05) is 19.9 Å². The molecule has 0 aliphatic heterocycles. The second-order valence-electron chi connectivity index (χ2n) is 4.75. The van der Waals surface area contributed by atoms with Gasteiger partial charge in [0.15, 0.2) is 0 Å². The Labute approximate surface area is 117 Å². The topological polar surface area (TPSA) is 0 Å². The molecule has 0 aromatic rings. The summed E-state index contributed by atoms with van der Waals surface area (Å²) in [5, 5.41) is 0.0220. The van der Waals surface area contributed by atoms with Crippen LogP contribution in [-0.2, 0) is 11.8 Å². The normalized spacial score (nSPS) is 18.5. The third-order valence-electron chi connectivity index (χ3n) is 1.66. The first kappa shape index (κ1) is 16.8. The molecule has 0 aromatic carbocycles. The van der Waals surface area contributed by atoms with Crippen LogP contribution in [0, 0.1) is 0 Å². The number of rotatable bonds is 6. The summed E-state index contributed by atoms with van der Waals surface area (Å²) < 4.78 is 0.325. The Morgan fingerprint density at radius 1 is 1.27 bits per heavy atom. The molecule has 0 nitrogen and oxygen atoms in total. The van der Waals surface area contributed by atoms with Crippen LogP contribution in [0.25, 0.3) is 0 Å². The van der Waals surface area contributed by atoms with E-state index in [-0.39, 0.29) is 0 Å². The number of hydrogen-bond donors (Lipinski definition) is 0. The molecule has 0 fully saturated rings. The molecule has 0 radical (unpaired) electrons. The largest absolute Gasteiger partial charge is 0.114 e. The van der Waals surface area contributed by atoms with Crippen molar-refractivity contribution in [3.05, 3.63) is 0 Å². The molecule has 0 amide bonds. The highest BCUT2D eigenvalue weighted by Crippen LogP contribution is 2.57. The van der Waals surface area contributed by atoms with Crippen molar-refractivity contribution in [3.63, 3.8) is 0 Å². The summed E-state index contributed by atoms with van der Waals surface area (Å²) in [6, 6.07) is 0. The van der Waals surface area contributed by atoms with Gasteiger partial charge in [0.05, 0.1) is 0 Å². The zero-order valence-corrected chi connectivity index (χ0v) is 15.2. The van der Waals surface area contributed by atoms with Gasteiger partial charge in [0.2, 0.25) is 0 Å². The van der Waals surface area contributed by atoms with Gasteiger partial charge < -0.3 is 0 Å². The van der Waals surface area contributed by atoms with E-state index in [0.717, 1.165) is 0 Å². The molecule has 92 valence electrons. The number of alkyl halides is 1. The predicted octanol–water partition coefficient (Wildman–Crippen LogP) is 5.71. The quantitative estimate of drug-likeness (QED) is 0.445. The molecule has 0 aliphatic rings. The van der Waals surface area contributed by atoms with E-state index in [1.165, 1.54) is 12.8 Å². The summed E-state index contributed by atoms with van der Waals surface area (Å²) in [6.45, 7) is 11.3.